The molecule has 0 aliphatic rings. The van der Waals surface area contributed by atoms with Crippen molar-refractivity contribution in [1.29, 1.82) is 0 Å². The Labute approximate surface area is 140 Å². The van der Waals surface area contributed by atoms with Gasteiger partial charge < -0.3 is 0 Å². The first-order chi connectivity index (χ1) is 11.2. The molecule has 0 amide bonds. The van der Waals surface area contributed by atoms with E-state index in [1.165, 1.54) is 23.1 Å². The summed E-state index contributed by atoms with van der Waals surface area (Å²) >= 11 is 0. The summed E-state index contributed by atoms with van der Waals surface area (Å²) in [5, 5.41) is 0. The van der Waals surface area contributed by atoms with Gasteiger partial charge in [-0.05, 0) is 47.6 Å². The monoisotopic (exact) mass is 306 g/mol. The van der Waals surface area contributed by atoms with Crippen molar-refractivity contribution in [2.24, 2.45) is 0 Å². The van der Waals surface area contributed by atoms with Crippen LogP contribution in [-0.4, -0.2) is 5.78 Å². The van der Waals surface area contributed by atoms with E-state index in [1.807, 2.05) is 13.0 Å². The van der Waals surface area contributed by atoms with Gasteiger partial charge in [-0.15, -0.1) is 0 Å². The second-order valence-electron chi connectivity index (χ2n) is 5.96. The van der Waals surface area contributed by atoms with Crippen LogP contribution in [0.15, 0.2) is 54.6 Å². The van der Waals surface area contributed by atoms with Gasteiger partial charge in [-0.1, -0.05) is 74.9 Å². The van der Waals surface area contributed by atoms with Crippen LogP contribution in [0.1, 0.15) is 48.9 Å². The van der Waals surface area contributed by atoms with Crippen molar-refractivity contribution >= 4 is 11.9 Å². The summed E-state index contributed by atoms with van der Waals surface area (Å²) in [5.74, 6) is 0.167. The number of hydrogen-bond donors (Lipinski definition) is 0. The van der Waals surface area contributed by atoms with E-state index in [4.69, 9.17) is 0 Å². The van der Waals surface area contributed by atoms with E-state index in [0.717, 1.165) is 24.8 Å². The number of allylic oxidation sites excluding steroid dienone is 1. The zero-order valence-electron chi connectivity index (χ0n) is 14.2. The van der Waals surface area contributed by atoms with Crippen LogP contribution in [0.25, 0.3) is 6.08 Å². The number of carbonyl (C=O) groups excluding carboxylic acids is 1. The van der Waals surface area contributed by atoms with Crippen LogP contribution < -0.4 is 0 Å². The standard InChI is InChI=1S/C22H26O/c1-3-5-18-6-8-19(9-7-18)10-11-20-12-14-21(15-13-20)16-17-22(23)4-2/h6-9,12-17H,3-5,10-11H2,1-2H3. The van der Waals surface area contributed by atoms with Crippen LogP contribution in [0, 0.1) is 0 Å². The topological polar surface area (TPSA) is 17.1 Å². The molecule has 0 fully saturated rings. The Morgan fingerprint density at radius 1 is 0.783 bits per heavy atom. The van der Waals surface area contributed by atoms with Crippen molar-refractivity contribution in [2.75, 3.05) is 0 Å². The van der Waals surface area contributed by atoms with Crippen LogP contribution in [0.5, 0.6) is 0 Å². The van der Waals surface area contributed by atoms with E-state index in [-0.39, 0.29) is 5.78 Å². The predicted molar refractivity (Wildman–Crippen MR) is 98.6 cm³/mol. The van der Waals surface area contributed by atoms with Crippen LogP contribution in [0.3, 0.4) is 0 Å². The molecule has 0 unspecified atom stereocenters. The lowest BCUT2D eigenvalue weighted by Crippen LogP contribution is -1.92. The van der Waals surface area contributed by atoms with E-state index in [9.17, 15) is 4.79 Å². The molecule has 2 aromatic rings. The minimum absolute atomic E-state index is 0.167. The molecule has 0 atom stereocenters. The molecule has 1 heteroatoms. The van der Waals surface area contributed by atoms with Gasteiger partial charge in [0.15, 0.2) is 5.78 Å². The molecule has 0 bridgehead atoms. The SMILES string of the molecule is CCCc1ccc(CCc2ccc(C=CC(=O)CC)cc2)cc1. The first-order valence-corrected chi connectivity index (χ1v) is 8.59. The second kappa shape index (κ2) is 9.09. The van der Waals surface area contributed by atoms with Crippen molar-refractivity contribution in [3.63, 3.8) is 0 Å². The van der Waals surface area contributed by atoms with Crippen LogP contribution in [-0.2, 0) is 24.1 Å². The van der Waals surface area contributed by atoms with Crippen molar-refractivity contribution in [1.82, 2.24) is 0 Å². The molecule has 1 nitrogen and oxygen atoms in total. The molecular weight excluding hydrogens is 280 g/mol. The molecule has 0 aliphatic heterocycles. The number of benzene rings is 2. The van der Waals surface area contributed by atoms with Gasteiger partial charge in [0.1, 0.15) is 0 Å². The quantitative estimate of drug-likeness (QED) is 0.595. The Hall–Kier alpha value is -2.15. The molecule has 0 aromatic heterocycles. The zero-order valence-corrected chi connectivity index (χ0v) is 14.2. The van der Waals surface area contributed by atoms with Gasteiger partial charge in [-0.3, -0.25) is 4.79 Å². The molecule has 0 saturated carbocycles. The summed E-state index contributed by atoms with van der Waals surface area (Å²) in [6, 6.07) is 17.5. The summed E-state index contributed by atoms with van der Waals surface area (Å²) in [4.78, 5) is 11.3. The normalized spacial score (nSPS) is 11.0. The third-order valence-corrected chi connectivity index (χ3v) is 4.05. The highest BCUT2D eigenvalue weighted by molar-refractivity contribution is 5.93. The molecule has 120 valence electrons. The minimum Gasteiger partial charge on any atom is -0.295 e. The fraction of sp³-hybridized carbons (Fsp3) is 0.318. The lowest BCUT2D eigenvalue weighted by molar-refractivity contribution is -0.114. The third kappa shape index (κ3) is 5.86. The first-order valence-electron chi connectivity index (χ1n) is 8.59. The highest BCUT2D eigenvalue weighted by Crippen LogP contribution is 2.12. The number of rotatable bonds is 8. The lowest BCUT2D eigenvalue weighted by Gasteiger charge is -2.05. The van der Waals surface area contributed by atoms with Gasteiger partial charge in [0.2, 0.25) is 0 Å². The number of aryl methyl sites for hydroxylation is 3. The molecule has 0 radical (unpaired) electrons. The molecule has 0 N–H and O–H groups in total. The van der Waals surface area contributed by atoms with Gasteiger partial charge >= 0.3 is 0 Å². The Morgan fingerprint density at radius 3 is 1.74 bits per heavy atom. The first kappa shape index (κ1) is 17.2. The molecule has 0 aliphatic carbocycles. The van der Waals surface area contributed by atoms with Crippen molar-refractivity contribution in [3.8, 4) is 0 Å². The van der Waals surface area contributed by atoms with Crippen LogP contribution in [0.4, 0.5) is 0 Å². The number of carbonyl (C=O) groups is 1. The van der Waals surface area contributed by atoms with E-state index in [0.29, 0.717) is 6.42 Å². The zero-order chi connectivity index (χ0) is 16.5. The summed E-state index contributed by atoms with van der Waals surface area (Å²) in [5.41, 5.74) is 5.23. The highest BCUT2D eigenvalue weighted by Gasteiger charge is 1.98. The summed E-state index contributed by atoms with van der Waals surface area (Å²) < 4.78 is 0. The Bertz CT molecular complexity index is 633. The van der Waals surface area contributed by atoms with Crippen molar-refractivity contribution < 1.29 is 4.79 Å². The van der Waals surface area contributed by atoms with Crippen molar-refractivity contribution in [3.05, 3.63) is 76.9 Å². The second-order valence-corrected chi connectivity index (χ2v) is 5.96. The average molecular weight is 306 g/mol. The van der Waals surface area contributed by atoms with E-state index in [1.54, 1.807) is 6.08 Å². The number of hydrogen-bond acceptors (Lipinski definition) is 1. The van der Waals surface area contributed by atoms with Gasteiger partial charge in [-0.25, -0.2) is 0 Å². The van der Waals surface area contributed by atoms with Gasteiger partial charge in [0.05, 0.1) is 0 Å². The van der Waals surface area contributed by atoms with E-state index < -0.39 is 0 Å². The van der Waals surface area contributed by atoms with Crippen LogP contribution >= 0.6 is 0 Å². The third-order valence-electron chi connectivity index (χ3n) is 4.05. The fourth-order valence-electron chi connectivity index (χ4n) is 2.55. The number of ketones is 1. The van der Waals surface area contributed by atoms with Gasteiger partial charge in [0.25, 0.3) is 0 Å². The molecule has 0 saturated heterocycles. The maximum absolute atomic E-state index is 11.3. The Balaban J connectivity index is 1.88. The highest BCUT2D eigenvalue weighted by atomic mass is 16.1. The average Bonchev–Trinajstić information content (AvgIpc) is 2.60. The molecular formula is C22H26O. The molecule has 2 rings (SSSR count). The maximum atomic E-state index is 11.3. The van der Waals surface area contributed by atoms with E-state index >= 15 is 0 Å². The molecule has 23 heavy (non-hydrogen) atoms. The van der Waals surface area contributed by atoms with Gasteiger partial charge in [-0.2, -0.15) is 0 Å². The smallest absolute Gasteiger partial charge is 0.155 e. The fourth-order valence-corrected chi connectivity index (χ4v) is 2.55. The molecule has 2 aromatic carbocycles. The lowest BCUT2D eigenvalue weighted by atomic mass is 10.0. The Morgan fingerprint density at radius 2 is 1.26 bits per heavy atom. The van der Waals surface area contributed by atoms with Gasteiger partial charge in [0, 0.05) is 6.42 Å². The molecule has 0 spiro atoms. The van der Waals surface area contributed by atoms with Crippen LogP contribution in [0.2, 0.25) is 0 Å². The summed E-state index contributed by atoms with van der Waals surface area (Å²) in [6.45, 7) is 4.09. The van der Waals surface area contributed by atoms with Crippen molar-refractivity contribution in [2.45, 2.75) is 46.0 Å². The molecule has 0 heterocycles. The summed E-state index contributed by atoms with van der Waals surface area (Å²) in [7, 11) is 0. The largest absolute Gasteiger partial charge is 0.295 e. The summed E-state index contributed by atoms with van der Waals surface area (Å²) in [6.07, 6.45) is 8.58. The predicted octanol–water partition coefficient (Wildman–Crippen LogP) is 5.42. The minimum atomic E-state index is 0.167. The Kier molecular flexibility index (Phi) is 6.80. The maximum Gasteiger partial charge on any atom is 0.155 e. The van der Waals surface area contributed by atoms with E-state index in [2.05, 4.69) is 55.5 Å².